The van der Waals surface area contributed by atoms with Gasteiger partial charge < -0.3 is 10.0 Å². The first kappa shape index (κ1) is 9.01. The second-order valence-electron chi connectivity index (χ2n) is 4.14. The third-order valence-corrected chi connectivity index (χ3v) is 2.56. The van der Waals surface area contributed by atoms with E-state index < -0.39 is 0 Å². The predicted octanol–water partition coefficient (Wildman–Crippen LogP) is 0.955. The van der Waals surface area contributed by atoms with Crippen molar-refractivity contribution in [3.05, 3.63) is 0 Å². The SMILES string of the molecule is CC1CC(CN(C)C)CC1O. The number of aliphatic hydroxyl groups is 1. The highest BCUT2D eigenvalue weighted by molar-refractivity contribution is 4.81. The number of nitrogens with zero attached hydrogens (tertiary/aromatic N) is 1. The molecule has 11 heavy (non-hydrogen) atoms. The average molecular weight is 157 g/mol. The quantitative estimate of drug-likeness (QED) is 0.645. The molecule has 1 fully saturated rings. The second kappa shape index (κ2) is 3.55. The van der Waals surface area contributed by atoms with Crippen LogP contribution < -0.4 is 0 Å². The minimum Gasteiger partial charge on any atom is -0.393 e. The Morgan fingerprint density at radius 1 is 1.36 bits per heavy atom. The highest BCUT2D eigenvalue weighted by Crippen LogP contribution is 2.30. The lowest BCUT2D eigenvalue weighted by Crippen LogP contribution is -2.20. The molecule has 3 unspecified atom stereocenters. The monoisotopic (exact) mass is 157 g/mol. The van der Waals surface area contributed by atoms with Crippen LogP contribution in [0.15, 0.2) is 0 Å². The molecule has 3 atom stereocenters. The van der Waals surface area contributed by atoms with Crippen molar-refractivity contribution in [2.45, 2.75) is 25.9 Å². The van der Waals surface area contributed by atoms with Gasteiger partial charge in [0, 0.05) is 6.54 Å². The molecule has 0 saturated heterocycles. The van der Waals surface area contributed by atoms with E-state index in [0.29, 0.717) is 5.92 Å². The summed E-state index contributed by atoms with van der Waals surface area (Å²) in [6, 6.07) is 0. The van der Waals surface area contributed by atoms with Gasteiger partial charge in [-0.3, -0.25) is 0 Å². The highest BCUT2D eigenvalue weighted by atomic mass is 16.3. The maximum absolute atomic E-state index is 9.46. The molecule has 1 N–H and O–H groups in total. The number of aliphatic hydroxyl groups excluding tert-OH is 1. The molecule has 1 aliphatic rings. The van der Waals surface area contributed by atoms with Crippen LogP contribution in [0.25, 0.3) is 0 Å². The molecule has 0 heterocycles. The first-order valence-electron chi connectivity index (χ1n) is 4.42. The summed E-state index contributed by atoms with van der Waals surface area (Å²) in [5.41, 5.74) is 0. The van der Waals surface area contributed by atoms with E-state index in [1.165, 1.54) is 6.42 Å². The Hall–Kier alpha value is -0.0800. The van der Waals surface area contributed by atoms with Crippen molar-refractivity contribution < 1.29 is 5.11 Å². The molecule has 0 aromatic carbocycles. The zero-order valence-electron chi connectivity index (χ0n) is 7.75. The van der Waals surface area contributed by atoms with Crippen molar-refractivity contribution in [3.8, 4) is 0 Å². The smallest absolute Gasteiger partial charge is 0.0569 e. The van der Waals surface area contributed by atoms with Crippen molar-refractivity contribution in [2.75, 3.05) is 20.6 Å². The van der Waals surface area contributed by atoms with Crippen LogP contribution >= 0.6 is 0 Å². The van der Waals surface area contributed by atoms with Crippen LogP contribution in [-0.4, -0.2) is 36.8 Å². The van der Waals surface area contributed by atoms with Gasteiger partial charge in [0.05, 0.1) is 6.10 Å². The Labute approximate surface area is 69.2 Å². The molecule has 0 spiro atoms. The summed E-state index contributed by atoms with van der Waals surface area (Å²) in [4.78, 5) is 2.20. The van der Waals surface area contributed by atoms with Crippen LogP contribution in [0.4, 0.5) is 0 Å². The number of hydrogen-bond acceptors (Lipinski definition) is 2. The van der Waals surface area contributed by atoms with Crippen LogP contribution in [-0.2, 0) is 0 Å². The van der Waals surface area contributed by atoms with Crippen molar-refractivity contribution in [1.82, 2.24) is 4.90 Å². The van der Waals surface area contributed by atoms with E-state index in [4.69, 9.17) is 0 Å². The molecule has 1 aliphatic carbocycles. The van der Waals surface area contributed by atoms with E-state index in [-0.39, 0.29) is 6.10 Å². The standard InChI is InChI=1S/C9H19NO/c1-7-4-8(5-9(7)11)6-10(2)3/h7-9,11H,4-6H2,1-3H3. The topological polar surface area (TPSA) is 23.5 Å². The zero-order valence-corrected chi connectivity index (χ0v) is 7.75. The molecule has 66 valence electrons. The summed E-state index contributed by atoms with van der Waals surface area (Å²) in [5, 5.41) is 9.46. The molecule has 0 aromatic rings. The molecule has 0 aromatic heterocycles. The molecule has 0 radical (unpaired) electrons. The largest absolute Gasteiger partial charge is 0.393 e. The third-order valence-electron chi connectivity index (χ3n) is 2.56. The van der Waals surface area contributed by atoms with E-state index in [1.807, 2.05) is 0 Å². The number of rotatable bonds is 2. The maximum atomic E-state index is 9.46. The minimum atomic E-state index is -0.0417. The van der Waals surface area contributed by atoms with Crippen molar-refractivity contribution in [1.29, 1.82) is 0 Å². The van der Waals surface area contributed by atoms with Gasteiger partial charge in [-0.15, -0.1) is 0 Å². The van der Waals surface area contributed by atoms with Crippen LogP contribution in [0.2, 0.25) is 0 Å². The fraction of sp³-hybridized carbons (Fsp3) is 1.00. The first-order chi connectivity index (χ1) is 5.09. The third kappa shape index (κ3) is 2.46. The van der Waals surface area contributed by atoms with Crippen molar-refractivity contribution in [2.24, 2.45) is 11.8 Å². The lowest BCUT2D eigenvalue weighted by atomic mass is 10.1. The Balaban J connectivity index is 2.29. The Morgan fingerprint density at radius 3 is 2.36 bits per heavy atom. The molecule has 0 bridgehead atoms. The van der Waals surface area contributed by atoms with Crippen molar-refractivity contribution in [3.63, 3.8) is 0 Å². The Morgan fingerprint density at radius 2 is 2.00 bits per heavy atom. The Bertz CT molecular complexity index is 112. The molecule has 1 rings (SSSR count). The van der Waals surface area contributed by atoms with Crippen LogP contribution in [0, 0.1) is 11.8 Å². The maximum Gasteiger partial charge on any atom is 0.0569 e. The summed E-state index contributed by atoms with van der Waals surface area (Å²) in [7, 11) is 4.19. The van der Waals surface area contributed by atoms with E-state index >= 15 is 0 Å². The van der Waals surface area contributed by atoms with Crippen LogP contribution in [0.3, 0.4) is 0 Å². The molecule has 0 amide bonds. The number of hydrogen-bond donors (Lipinski definition) is 1. The van der Waals surface area contributed by atoms with Gasteiger partial charge in [-0.1, -0.05) is 6.92 Å². The molecule has 1 saturated carbocycles. The fourth-order valence-electron chi connectivity index (χ4n) is 2.02. The van der Waals surface area contributed by atoms with E-state index in [2.05, 4.69) is 25.9 Å². The molecular weight excluding hydrogens is 138 g/mol. The van der Waals surface area contributed by atoms with E-state index in [0.717, 1.165) is 18.9 Å². The van der Waals surface area contributed by atoms with Gasteiger partial charge in [0.1, 0.15) is 0 Å². The van der Waals surface area contributed by atoms with Gasteiger partial charge >= 0.3 is 0 Å². The van der Waals surface area contributed by atoms with Gasteiger partial charge in [-0.2, -0.15) is 0 Å². The highest BCUT2D eigenvalue weighted by Gasteiger charge is 2.29. The van der Waals surface area contributed by atoms with Gasteiger partial charge in [0.25, 0.3) is 0 Å². The summed E-state index contributed by atoms with van der Waals surface area (Å²) >= 11 is 0. The average Bonchev–Trinajstić information content (AvgIpc) is 2.10. The zero-order chi connectivity index (χ0) is 8.43. The van der Waals surface area contributed by atoms with E-state index in [1.54, 1.807) is 0 Å². The summed E-state index contributed by atoms with van der Waals surface area (Å²) < 4.78 is 0. The van der Waals surface area contributed by atoms with Crippen LogP contribution in [0.5, 0.6) is 0 Å². The van der Waals surface area contributed by atoms with Gasteiger partial charge in [-0.05, 0) is 38.8 Å². The summed E-state index contributed by atoms with van der Waals surface area (Å²) in [6.45, 7) is 3.27. The van der Waals surface area contributed by atoms with Crippen LogP contribution in [0.1, 0.15) is 19.8 Å². The fourth-order valence-corrected chi connectivity index (χ4v) is 2.02. The molecule has 2 nitrogen and oxygen atoms in total. The van der Waals surface area contributed by atoms with Crippen molar-refractivity contribution >= 4 is 0 Å². The molecule has 0 aliphatic heterocycles. The van der Waals surface area contributed by atoms with Gasteiger partial charge in [-0.25, -0.2) is 0 Å². The summed E-state index contributed by atoms with van der Waals surface area (Å²) in [5.74, 6) is 1.23. The molecule has 2 heteroatoms. The first-order valence-corrected chi connectivity index (χ1v) is 4.42. The summed E-state index contributed by atoms with van der Waals surface area (Å²) in [6.07, 6.45) is 2.15. The minimum absolute atomic E-state index is 0.0417. The molecular formula is C9H19NO. The van der Waals surface area contributed by atoms with Gasteiger partial charge in [0.15, 0.2) is 0 Å². The Kier molecular flexibility index (Phi) is 2.90. The van der Waals surface area contributed by atoms with Gasteiger partial charge in [0.2, 0.25) is 0 Å². The normalized spacial score (nSPS) is 38.5. The lowest BCUT2D eigenvalue weighted by molar-refractivity contribution is 0.138. The predicted molar refractivity (Wildman–Crippen MR) is 46.4 cm³/mol. The van der Waals surface area contributed by atoms with E-state index in [9.17, 15) is 5.11 Å². The second-order valence-corrected chi connectivity index (χ2v) is 4.14. The lowest BCUT2D eigenvalue weighted by Gasteiger charge is -2.14.